The summed E-state index contributed by atoms with van der Waals surface area (Å²) < 4.78 is 28.4. The number of nitrogens with one attached hydrogen (secondary N) is 2. The van der Waals surface area contributed by atoms with Gasteiger partial charge in [0.1, 0.15) is 10.7 Å². The quantitative estimate of drug-likeness (QED) is 0.791. The molecule has 1 aliphatic rings. The van der Waals surface area contributed by atoms with E-state index in [2.05, 4.69) is 22.0 Å². The molecular weight excluding hydrogens is 362 g/mol. The van der Waals surface area contributed by atoms with Crippen LogP contribution in [0.25, 0.3) is 0 Å². The summed E-state index contributed by atoms with van der Waals surface area (Å²) in [5.41, 5.74) is 2.49. The molecule has 0 aliphatic carbocycles. The van der Waals surface area contributed by atoms with E-state index < -0.39 is 10.0 Å². The zero-order chi connectivity index (χ0) is 19.4. The predicted molar refractivity (Wildman–Crippen MR) is 108 cm³/mol. The highest BCUT2D eigenvalue weighted by molar-refractivity contribution is 7.90. The van der Waals surface area contributed by atoms with E-state index in [0.29, 0.717) is 17.9 Å². The van der Waals surface area contributed by atoms with Crippen LogP contribution in [0.4, 0.5) is 11.4 Å². The summed E-state index contributed by atoms with van der Waals surface area (Å²) in [7, 11) is -3.70. The molecule has 2 aromatic carbocycles. The Balaban J connectivity index is 1.60. The number of aryl methyl sites for hydroxylation is 1. The Hall–Kier alpha value is -2.67. The molecule has 1 aliphatic heterocycles. The minimum atomic E-state index is -3.70. The van der Waals surface area contributed by atoms with Crippen molar-refractivity contribution in [3.05, 3.63) is 54.1 Å². The largest absolute Gasteiger partial charge is 0.342 e. The second-order valence-electron chi connectivity index (χ2n) is 6.75. The first-order valence-electron chi connectivity index (χ1n) is 8.96. The maximum Gasteiger partial charge on any atom is 0.286 e. The number of hydrogen-bond donors (Lipinski definition) is 2. The number of hydrogen-bond acceptors (Lipinski definition) is 4. The molecule has 142 valence electrons. The van der Waals surface area contributed by atoms with E-state index in [1.54, 1.807) is 18.2 Å². The van der Waals surface area contributed by atoms with Crippen molar-refractivity contribution in [1.29, 1.82) is 0 Å². The molecule has 7 heteroatoms. The molecule has 0 saturated heterocycles. The molecule has 0 aromatic heterocycles. The van der Waals surface area contributed by atoms with Crippen molar-refractivity contribution in [3.8, 4) is 0 Å². The summed E-state index contributed by atoms with van der Waals surface area (Å²) in [6.45, 7) is 3.98. The van der Waals surface area contributed by atoms with Gasteiger partial charge in [-0.15, -0.1) is 4.40 Å². The smallest absolute Gasteiger partial charge is 0.286 e. The van der Waals surface area contributed by atoms with Crippen molar-refractivity contribution in [2.45, 2.75) is 38.0 Å². The van der Waals surface area contributed by atoms with Crippen LogP contribution in [0.5, 0.6) is 0 Å². The Bertz CT molecular complexity index is 966. The standard InChI is InChI=1S/C20H23N3O3S/c1-3-15-8-10-16(11-9-15)21-20(24)13-14(2)12-19-22-17-6-4-5-7-18(17)27(25,26)23-19/h4-11,14H,3,12-13H2,1-2H3,(H,21,24)(H,22,23)/t14-/m1/s1. The summed E-state index contributed by atoms with van der Waals surface area (Å²) >= 11 is 0. The molecule has 6 nitrogen and oxygen atoms in total. The molecular formula is C20H23N3O3S. The second-order valence-corrected chi connectivity index (χ2v) is 8.32. The van der Waals surface area contributed by atoms with Crippen molar-refractivity contribution in [1.82, 2.24) is 0 Å². The second kappa shape index (κ2) is 7.92. The van der Waals surface area contributed by atoms with Gasteiger partial charge in [-0.2, -0.15) is 8.42 Å². The molecule has 1 amide bonds. The fourth-order valence-electron chi connectivity index (χ4n) is 3.01. The lowest BCUT2D eigenvalue weighted by Gasteiger charge is -2.20. The summed E-state index contributed by atoms with van der Waals surface area (Å²) in [6, 6.07) is 14.4. The third-order valence-electron chi connectivity index (χ3n) is 4.40. The molecule has 2 N–H and O–H groups in total. The fourth-order valence-corrected chi connectivity index (χ4v) is 4.17. The number of benzene rings is 2. The summed E-state index contributed by atoms with van der Waals surface area (Å²) in [6.07, 6.45) is 1.60. The zero-order valence-electron chi connectivity index (χ0n) is 15.4. The van der Waals surface area contributed by atoms with Crippen molar-refractivity contribution in [2.75, 3.05) is 10.6 Å². The lowest BCUT2D eigenvalue weighted by Crippen LogP contribution is -2.25. The Labute approximate surface area is 159 Å². The van der Waals surface area contributed by atoms with Crippen LogP contribution in [-0.2, 0) is 21.2 Å². The first-order chi connectivity index (χ1) is 12.9. The van der Waals surface area contributed by atoms with Crippen LogP contribution in [0.15, 0.2) is 57.8 Å². The molecule has 0 saturated carbocycles. The lowest BCUT2D eigenvalue weighted by molar-refractivity contribution is -0.116. The lowest BCUT2D eigenvalue weighted by atomic mass is 10.0. The molecule has 0 bridgehead atoms. The number of para-hydroxylation sites is 1. The van der Waals surface area contributed by atoms with Crippen molar-refractivity contribution in [2.24, 2.45) is 10.3 Å². The van der Waals surface area contributed by atoms with Crippen LogP contribution in [0, 0.1) is 5.92 Å². The van der Waals surface area contributed by atoms with E-state index in [-0.39, 0.29) is 23.1 Å². The number of nitrogens with zero attached hydrogens (tertiary/aromatic N) is 1. The maximum atomic E-state index is 12.3. The van der Waals surface area contributed by atoms with Crippen molar-refractivity contribution >= 4 is 33.1 Å². The van der Waals surface area contributed by atoms with E-state index in [9.17, 15) is 13.2 Å². The normalized spacial score (nSPS) is 15.9. The van der Waals surface area contributed by atoms with E-state index in [1.165, 1.54) is 11.6 Å². The van der Waals surface area contributed by atoms with Gasteiger partial charge in [0.2, 0.25) is 5.91 Å². The molecule has 27 heavy (non-hydrogen) atoms. The Morgan fingerprint density at radius 2 is 1.85 bits per heavy atom. The van der Waals surface area contributed by atoms with E-state index in [0.717, 1.165) is 12.1 Å². The highest BCUT2D eigenvalue weighted by atomic mass is 32.2. The number of carbonyl (C=O) groups excluding carboxylic acids is 1. The van der Waals surface area contributed by atoms with Crippen LogP contribution in [0.1, 0.15) is 32.3 Å². The van der Waals surface area contributed by atoms with Crippen LogP contribution in [-0.4, -0.2) is 20.2 Å². The molecule has 3 rings (SSSR count). The van der Waals surface area contributed by atoms with E-state index >= 15 is 0 Å². The SMILES string of the molecule is CCc1ccc(NC(=O)C[C@H](C)CC2=NS(=O)(=O)c3ccccc3N2)cc1. The number of amides is 1. The molecule has 0 spiro atoms. The number of rotatable bonds is 6. The Kier molecular flexibility index (Phi) is 5.60. The third-order valence-corrected chi connectivity index (χ3v) is 5.77. The van der Waals surface area contributed by atoms with Gasteiger partial charge in [-0.3, -0.25) is 4.79 Å². The molecule has 1 heterocycles. The average Bonchev–Trinajstić information content (AvgIpc) is 2.61. The molecule has 1 atom stereocenters. The maximum absolute atomic E-state index is 12.3. The van der Waals surface area contributed by atoms with Crippen LogP contribution in [0.2, 0.25) is 0 Å². The number of fused-ring (bicyclic) bond motifs is 1. The number of sulfonamides is 1. The van der Waals surface area contributed by atoms with Gasteiger partial charge in [-0.05, 0) is 42.2 Å². The monoisotopic (exact) mass is 385 g/mol. The number of carbonyl (C=O) groups is 1. The van der Waals surface area contributed by atoms with Gasteiger partial charge in [-0.25, -0.2) is 0 Å². The van der Waals surface area contributed by atoms with E-state index in [4.69, 9.17) is 0 Å². The number of amidine groups is 1. The van der Waals surface area contributed by atoms with Crippen LogP contribution >= 0.6 is 0 Å². The zero-order valence-corrected chi connectivity index (χ0v) is 16.2. The Morgan fingerprint density at radius 3 is 2.56 bits per heavy atom. The first-order valence-corrected chi connectivity index (χ1v) is 10.4. The van der Waals surface area contributed by atoms with Crippen LogP contribution in [0.3, 0.4) is 0 Å². The van der Waals surface area contributed by atoms with Gasteiger partial charge in [0, 0.05) is 18.5 Å². The third kappa shape index (κ3) is 4.74. The Morgan fingerprint density at radius 1 is 1.15 bits per heavy atom. The number of anilines is 2. The molecule has 0 unspecified atom stereocenters. The minimum absolute atomic E-state index is 0.0633. The van der Waals surface area contributed by atoms with Gasteiger partial charge in [-0.1, -0.05) is 38.1 Å². The summed E-state index contributed by atoms with van der Waals surface area (Å²) in [5, 5.41) is 5.93. The predicted octanol–water partition coefficient (Wildman–Crippen LogP) is 3.82. The molecule has 2 aromatic rings. The van der Waals surface area contributed by atoms with Crippen molar-refractivity contribution < 1.29 is 13.2 Å². The highest BCUT2D eigenvalue weighted by Gasteiger charge is 2.25. The molecule has 0 fully saturated rings. The fraction of sp³-hybridized carbons (Fsp3) is 0.300. The van der Waals surface area contributed by atoms with Gasteiger partial charge >= 0.3 is 0 Å². The first kappa shape index (κ1) is 19.1. The summed E-state index contributed by atoms with van der Waals surface area (Å²) in [4.78, 5) is 12.4. The average molecular weight is 385 g/mol. The van der Waals surface area contributed by atoms with Gasteiger partial charge < -0.3 is 10.6 Å². The summed E-state index contributed by atoms with van der Waals surface area (Å²) in [5.74, 6) is 0.194. The van der Waals surface area contributed by atoms with Crippen LogP contribution < -0.4 is 10.6 Å². The van der Waals surface area contributed by atoms with Gasteiger partial charge in [0.15, 0.2) is 0 Å². The van der Waals surface area contributed by atoms with Gasteiger partial charge in [0.05, 0.1) is 5.69 Å². The highest BCUT2D eigenvalue weighted by Crippen LogP contribution is 2.28. The topological polar surface area (TPSA) is 87.6 Å². The van der Waals surface area contributed by atoms with E-state index in [1.807, 2.05) is 31.2 Å². The minimum Gasteiger partial charge on any atom is -0.342 e. The van der Waals surface area contributed by atoms with Crippen molar-refractivity contribution in [3.63, 3.8) is 0 Å². The van der Waals surface area contributed by atoms with Gasteiger partial charge in [0.25, 0.3) is 10.0 Å². The molecule has 0 radical (unpaired) electrons.